The van der Waals surface area contributed by atoms with Crippen LogP contribution in [0.4, 0.5) is 5.13 Å². The molecule has 1 aromatic heterocycles. The minimum atomic E-state index is 0.841. The third-order valence-electron chi connectivity index (χ3n) is 1.73. The fourth-order valence-electron chi connectivity index (χ4n) is 1.11. The number of hydrogen-bond donors (Lipinski definition) is 1. The van der Waals surface area contributed by atoms with Crippen LogP contribution < -0.4 is 5.43 Å². The van der Waals surface area contributed by atoms with Crippen LogP contribution in [-0.2, 0) is 0 Å². The molecule has 3 nitrogen and oxygen atoms in total. The van der Waals surface area contributed by atoms with Crippen molar-refractivity contribution in [2.24, 2.45) is 5.10 Å². The summed E-state index contributed by atoms with van der Waals surface area (Å²) in [6, 6.07) is 6.21. The number of anilines is 1. The molecule has 0 aliphatic heterocycles. The molecular weight excluding hydrogens is 321 g/mol. The maximum Gasteiger partial charge on any atom is 0.204 e. The summed E-state index contributed by atoms with van der Waals surface area (Å²) < 4.78 is 2.42. The van der Waals surface area contributed by atoms with Crippen molar-refractivity contribution in [3.05, 3.63) is 21.8 Å². The molecule has 15 heavy (non-hydrogen) atoms. The lowest BCUT2D eigenvalue weighted by Crippen LogP contribution is -1.91. The molecule has 0 aliphatic carbocycles. The lowest BCUT2D eigenvalue weighted by atomic mass is 10.3. The van der Waals surface area contributed by atoms with Crippen molar-refractivity contribution in [3.8, 4) is 0 Å². The standard InChI is InChI=1S/C10H10IN3S/c1-6(2)13-14-10-12-8-4-3-7(11)5-9(8)15-10/h3-5H,1-2H3,(H,12,14). The Labute approximate surface area is 106 Å². The Kier molecular flexibility index (Phi) is 3.20. The van der Waals surface area contributed by atoms with Gasteiger partial charge >= 0.3 is 0 Å². The van der Waals surface area contributed by atoms with Gasteiger partial charge in [0, 0.05) is 9.28 Å². The molecule has 0 fully saturated rings. The molecule has 1 aromatic carbocycles. The SMILES string of the molecule is CC(C)=NNc1nc2ccc(I)cc2s1. The highest BCUT2D eigenvalue weighted by Gasteiger charge is 2.02. The second kappa shape index (κ2) is 4.44. The van der Waals surface area contributed by atoms with Crippen LogP contribution in [0.5, 0.6) is 0 Å². The minimum Gasteiger partial charge on any atom is -0.253 e. The number of hydrazone groups is 1. The average molecular weight is 331 g/mol. The molecule has 2 rings (SSSR count). The number of benzene rings is 1. The van der Waals surface area contributed by atoms with Gasteiger partial charge in [0.15, 0.2) is 0 Å². The van der Waals surface area contributed by atoms with E-state index in [1.807, 2.05) is 19.9 Å². The van der Waals surface area contributed by atoms with Crippen molar-refractivity contribution in [1.82, 2.24) is 4.98 Å². The Hall–Kier alpha value is -0.690. The van der Waals surface area contributed by atoms with Gasteiger partial charge in [-0.25, -0.2) is 4.98 Å². The van der Waals surface area contributed by atoms with Crippen LogP contribution in [0.15, 0.2) is 23.3 Å². The van der Waals surface area contributed by atoms with Crippen LogP contribution in [0.3, 0.4) is 0 Å². The number of thiazole rings is 1. The van der Waals surface area contributed by atoms with Crippen LogP contribution >= 0.6 is 33.9 Å². The fourth-order valence-corrected chi connectivity index (χ4v) is 2.66. The summed E-state index contributed by atoms with van der Waals surface area (Å²) in [6.45, 7) is 3.90. The Morgan fingerprint density at radius 1 is 1.47 bits per heavy atom. The van der Waals surface area contributed by atoms with Crippen LogP contribution in [0.1, 0.15) is 13.8 Å². The molecular formula is C10H10IN3S. The minimum absolute atomic E-state index is 0.841. The van der Waals surface area contributed by atoms with Gasteiger partial charge in [0.05, 0.1) is 10.2 Å². The Bertz CT molecular complexity index is 514. The number of rotatable bonds is 2. The fraction of sp³-hybridized carbons (Fsp3) is 0.200. The van der Waals surface area contributed by atoms with Crippen molar-refractivity contribution in [1.29, 1.82) is 0 Å². The molecule has 0 unspecified atom stereocenters. The normalized spacial score (nSPS) is 10.3. The highest BCUT2D eigenvalue weighted by Crippen LogP contribution is 2.27. The molecule has 0 spiro atoms. The topological polar surface area (TPSA) is 37.3 Å². The van der Waals surface area contributed by atoms with E-state index in [-0.39, 0.29) is 0 Å². The summed E-state index contributed by atoms with van der Waals surface area (Å²) in [6.07, 6.45) is 0. The molecule has 5 heteroatoms. The molecule has 0 bridgehead atoms. The molecule has 0 saturated heterocycles. The van der Waals surface area contributed by atoms with Crippen molar-refractivity contribution in [2.75, 3.05) is 5.43 Å². The molecule has 1 heterocycles. The van der Waals surface area contributed by atoms with Crippen LogP contribution in [0, 0.1) is 3.57 Å². The second-order valence-electron chi connectivity index (χ2n) is 3.30. The third-order valence-corrected chi connectivity index (χ3v) is 3.32. The van der Waals surface area contributed by atoms with Gasteiger partial charge in [-0.2, -0.15) is 5.10 Å². The van der Waals surface area contributed by atoms with Gasteiger partial charge in [0.1, 0.15) is 0 Å². The Morgan fingerprint density at radius 2 is 2.27 bits per heavy atom. The number of aromatic nitrogens is 1. The van der Waals surface area contributed by atoms with Gasteiger partial charge in [-0.1, -0.05) is 11.3 Å². The van der Waals surface area contributed by atoms with Gasteiger partial charge in [0.25, 0.3) is 0 Å². The average Bonchev–Trinajstić information content (AvgIpc) is 2.56. The van der Waals surface area contributed by atoms with Crippen LogP contribution in [-0.4, -0.2) is 10.7 Å². The van der Waals surface area contributed by atoms with Crippen molar-refractivity contribution in [3.63, 3.8) is 0 Å². The molecule has 0 radical (unpaired) electrons. The van der Waals surface area contributed by atoms with Gasteiger partial charge in [0.2, 0.25) is 5.13 Å². The van der Waals surface area contributed by atoms with E-state index >= 15 is 0 Å². The lowest BCUT2D eigenvalue weighted by molar-refractivity contribution is 1.28. The molecule has 0 saturated carbocycles. The maximum atomic E-state index is 4.42. The van der Waals surface area contributed by atoms with Crippen LogP contribution in [0.2, 0.25) is 0 Å². The first-order valence-corrected chi connectivity index (χ1v) is 6.37. The number of hydrogen-bond acceptors (Lipinski definition) is 4. The molecule has 0 aliphatic rings. The van der Waals surface area contributed by atoms with Crippen molar-refractivity contribution < 1.29 is 0 Å². The summed E-state index contributed by atoms with van der Waals surface area (Å²) in [5.74, 6) is 0. The van der Waals surface area contributed by atoms with Gasteiger partial charge in [-0.3, -0.25) is 5.43 Å². The summed E-state index contributed by atoms with van der Waals surface area (Å²) >= 11 is 3.92. The highest BCUT2D eigenvalue weighted by molar-refractivity contribution is 14.1. The zero-order valence-electron chi connectivity index (χ0n) is 8.41. The van der Waals surface area contributed by atoms with E-state index in [1.165, 1.54) is 8.27 Å². The summed E-state index contributed by atoms with van der Waals surface area (Å²) in [5.41, 5.74) is 4.96. The van der Waals surface area contributed by atoms with Gasteiger partial charge in [-0.15, -0.1) is 0 Å². The Balaban J connectivity index is 2.35. The van der Waals surface area contributed by atoms with Gasteiger partial charge in [-0.05, 0) is 54.6 Å². The van der Waals surface area contributed by atoms with Crippen molar-refractivity contribution >= 4 is 55.0 Å². The molecule has 78 valence electrons. The predicted octanol–water partition coefficient (Wildman–Crippen LogP) is 3.71. The van der Waals surface area contributed by atoms with Crippen LogP contribution in [0.25, 0.3) is 10.2 Å². The number of nitrogens with zero attached hydrogens (tertiary/aromatic N) is 2. The van der Waals surface area contributed by atoms with Gasteiger partial charge < -0.3 is 0 Å². The first kappa shape index (κ1) is 10.8. The predicted molar refractivity (Wildman–Crippen MR) is 74.7 cm³/mol. The molecule has 2 aromatic rings. The molecule has 0 atom stereocenters. The number of fused-ring (bicyclic) bond motifs is 1. The van der Waals surface area contributed by atoms with E-state index in [1.54, 1.807) is 11.3 Å². The summed E-state index contributed by atoms with van der Waals surface area (Å²) in [7, 11) is 0. The summed E-state index contributed by atoms with van der Waals surface area (Å²) in [4.78, 5) is 4.42. The lowest BCUT2D eigenvalue weighted by Gasteiger charge is -1.92. The molecule has 1 N–H and O–H groups in total. The van der Waals surface area contributed by atoms with E-state index in [9.17, 15) is 0 Å². The maximum absolute atomic E-state index is 4.42. The monoisotopic (exact) mass is 331 g/mol. The van der Waals surface area contributed by atoms with E-state index in [4.69, 9.17) is 0 Å². The smallest absolute Gasteiger partial charge is 0.204 e. The molecule has 0 amide bonds. The van der Waals surface area contributed by atoms with E-state index in [0.717, 1.165) is 16.4 Å². The number of nitrogens with one attached hydrogen (secondary N) is 1. The van der Waals surface area contributed by atoms with Crippen molar-refractivity contribution in [2.45, 2.75) is 13.8 Å². The van der Waals surface area contributed by atoms with E-state index in [2.05, 4.69) is 50.2 Å². The first-order chi connectivity index (χ1) is 7.15. The summed E-state index contributed by atoms with van der Waals surface area (Å²) in [5, 5.41) is 4.97. The zero-order chi connectivity index (χ0) is 10.8. The Morgan fingerprint density at radius 3 is 3.00 bits per heavy atom. The zero-order valence-corrected chi connectivity index (χ0v) is 11.4. The third kappa shape index (κ3) is 2.66. The first-order valence-electron chi connectivity index (χ1n) is 4.48. The second-order valence-corrected chi connectivity index (χ2v) is 5.58. The quantitative estimate of drug-likeness (QED) is 0.517. The highest BCUT2D eigenvalue weighted by atomic mass is 127. The largest absolute Gasteiger partial charge is 0.253 e. The van der Waals surface area contributed by atoms with E-state index in [0.29, 0.717) is 0 Å². The number of halogens is 1. The van der Waals surface area contributed by atoms with E-state index < -0.39 is 0 Å².